The maximum Gasteiger partial charge on any atom is 0.251 e. The van der Waals surface area contributed by atoms with Gasteiger partial charge in [0.25, 0.3) is 5.91 Å². The van der Waals surface area contributed by atoms with Gasteiger partial charge in [0.1, 0.15) is 0 Å². The third-order valence-electron chi connectivity index (χ3n) is 6.54. The average Bonchev–Trinajstić information content (AvgIpc) is 3.32. The number of benzene rings is 2. The van der Waals surface area contributed by atoms with Crippen molar-refractivity contribution in [2.24, 2.45) is 0 Å². The molecule has 30 heavy (non-hydrogen) atoms. The molecule has 3 aliphatic rings. The Morgan fingerprint density at radius 2 is 2.10 bits per heavy atom. The van der Waals surface area contributed by atoms with E-state index < -0.39 is 0 Å². The Bertz CT molecular complexity index is 1160. The van der Waals surface area contributed by atoms with Crippen LogP contribution in [-0.4, -0.2) is 47.4 Å². The Morgan fingerprint density at radius 1 is 1.20 bits per heavy atom. The summed E-state index contributed by atoms with van der Waals surface area (Å²) in [7, 11) is 0. The monoisotopic (exact) mass is 400 g/mol. The second-order valence-corrected chi connectivity index (χ2v) is 8.74. The minimum absolute atomic E-state index is 0.0130. The number of carbonyl (C=O) groups is 1. The van der Waals surface area contributed by atoms with Crippen molar-refractivity contribution < 1.29 is 9.53 Å². The van der Waals surface area contributed by atoms with Crippen LogP contribution in [0.25, 0.3) is 21.9 Å². The highest BCUT2D eigenvalue weighted by Gasteiger charge is 2.40. The van der Waals surface area contributed by atoms with Crippen LogP contribution in [0.5, 0.6) is 0 Å². The van der Waals surface area contributed by atoms with Crippen molar-refractivity contribution in [3.63, 3.8) is 0 Å². The molecular weight excluding hydrogens is 376 g/mol. The van der Waals surface area contributed by atoms with Crippen LogP contribution in [0.15, 0.2) is 42.6 Å². The molecule has 2 aromatic carbocycles. The van der Waals surface area contributed by atoms with Crippen molar-refractivity contribution in [2.45, 2.75) is 44.4 Å². The average molecular weight is 400 g/mol. The number of carbonyl (C=O) groups excluding carboxylic acids is 1. The van der Waals surface area contributed by atoms with E-state index in [1.54, 1.807) is 0 Å². The maximum absolute atomic E-state index is 12.5. The Hall–Kier alpha value is -2.99. The minimum atomic E-state index is 0.0130. The zero-order chi connectivity index (χ0) is 20.2. The van der Waals surface area contributed by atoms with Gasteiger partial charge in [-0.25, -0.2) is 0 Å². The summed E-state index contributed by atoms with van der Waals surface area (Å²) in [6.07, 6.45) is 5.39. The number of rotatable bonds is 4. The number of hydrogen-bond donors (Lipinski definition) is 1. The smallest absolute Gasteiger partial charge is 0.251 e. The highest BCUT2D eigenvalue weighted by Crippen LogP contribution is 2.36. The topological polar surface area (TPSA) is 67.4 Å². The normalized spacial score (nSPS) is 22.6. The second-order valence-electron chi connectivity index (χ2n) is 8.74. The molecule has 3 fully saturated rings. The quantitative estimate of drug-likeness (QED) is 0.726. The molecule has 1 N–H and O–H groups in total. The third kappa shape index (κ3) is 3.03. The lowest BCUT2D eigenvalue weighted by Gasteiger charge is -2.28. The van der Waals surface area contributed by atoms with Crippen LogP contribution in [0.1, 0.15) is 35.2 Å². The van der Waals surface area contributed by atoms with Crippen molar-refractivity contribution in [1.29, 1.82) is 0 Å². The summed E-state index contributed by atoms with van der Waals surface area (Å²) in [5.74, 6) is 0.961. The van der Waals surface area contributed by atoms with E-state index in [4.69, 9.17) is 4.74 Å². The number of aryl methyl sites for hydroxylation is 1. The fraction of sp³-hybridized carbons (Fsp3) is 0.375. The van der Waals surface area contributed by atoms with Crippen molar-refractivity contribution in [3.8, 4) is 11.1 Å². The molecule has 2 aliphatic heterocycles. The van der Waals surface area contributed by atoms with Crippen LogP contribution >= 0.6 is 0 Å². The summed E-state index contributed by atoms with van der Waals surface area (Å²) in [5.41, 5.74) is 4.02. The van der Waals surface area contributed by atoms with Crippen molar-refractivity contribution in [2.75, 3.05) is 18.1 Å². The number of amides is 1. The molecule has 1 amide bonds. The molecular formula is C24H24N4O2. The van der Waals surface area contributed by atoms with Crippen molar-refractivity contribution in [3.05, 3.63) is 53.7 Å². The molecule has 6 nitrogen and oxygen atoms in total. The van der Waals surface area contributed by atoms with Crippen molar-refractivity contribution >= 4 is 22.5 Å². The summed E-state index contributed by atoms with van der Waals surface area (Å²) in [5, 5.41) is 14.0. The van der Waals surface area contributed by atoms with E-state index in [0.717, 1.165) is 65.7 Å². The third-order valence-corrected chi connectivity index (χ3v) is 6.54. The fourth-order valence-electron chi connectivity index (χ4n) is 4.68. The van der Waals surface area contributed by atoms with Crippen LogP contribution in [0.4, 0.5) is 5.82 Å². The molecule has 1 aromatic heterocycles. The van der Waals surface area contributed by atoms with Crippen LogP contribution < -0.4 is 10.2 Å². The number of nitrogens with zero attached hydrogens (tertiary/aromatic N) is 3. The van der Waals surface area contributed by atoms with Gasteiger partial charge in [-0.2, -0.15) is 5.10 Å². The molecule has 2 atom stereocenters. The SMILES string of the molecule is Cc1ccc(C(=O)NC2CC2)cc1-c1ccc2c(N3C[C@@H]4C[C@H]3CO4)nncc2c1. The lowest BCUT2D eigenvalue weighted by atomic mass is 9.96. The predicted octanol–water partition coefficient (Wildman–Crippen LogP) is 3.47. The van der Waals surface area contributed by atoms with Gasteiger partial charge in [-0.15, -0.1) is 5.10 Å². The number of ether oxygens (including phenoxy) is 1. The van der Waals surface area contributed by atoms with Crippen molar-refractivity contribution in [1.82, 2.24) is 15.5 Å². The number of fused-ring (bicyclic) bond motifs is 3. The molecule has 0 unspecified atom stereocenters. The van der Waals surface area contributed by atoms with Gasteiger partial charge in [0.2, 0.25) is 0 Å². The number of anilines is 1. The van der Waals surface area contributed by atoms with Gasteiger partial charge >= 0.3 is 0 Å². The van der Waals surface area contributed by atoms with Crippen LogP contribution in [0.3, 0.4) is 0 Å². The van der Waals surface area contributed by atoms with Crippen LogP contribution in [0.2, 0.25) is 0 Å². The van der Waals surface area contributed by atoms with E-state index in [1.807, 2.05) is 24.4 Å². The number of morpholine rings is 1. The summed E-state index contributed by atoms with van der Waals surface area (Å²) < 4.78 is 5.74. The van der Waals surface area contributed by atoms with E-state index in [0.29, 0.717) is 23.8 Å². The van der Waals surface area contributed by atoms with Crippen LogP contribution in [-0.2, 0) is 4.74 Å². The van der Waals surface area contributed by atoms with Gasteiger partial charge in [0.15, 0.2) is 5.82 Å². The second kappa shape index (κ2) is 6.77. The van der Waals surface area contributed by atoms with Gasteiger partial charge in [-0.05, 0) is 67.1 Å². The fourth-order valence-corrected chi connectivity index (χ4v) is 4.68. The lowest BCUT2D eigenvalue weighted by molar-refractivity contribution is 0.0951. The summed E-state index contributed by atoms with van der Waals surface area (Å²) >= 11 is 0. The van der Waals surface area contributed by atoms with Gasteiger partial charge < -0.3 is 15.0 Å². The van der Waals surface area contributed by atoms with E-state index in [2.05, 4.69) is 45.5 Å². The number of hydrogen-bond acceptors (Lipinski definition) is 5. The van der Waals surface area contributed by atoms with E-state index in [-0.39, 0.29) is 5.91 Å². The molecule has 1 aliphatic carbocycles. The molecule has 6 rings (SSSR count). The first kappa shape index (κ1) is 17.8. The Morgan fingerprint density at radius 3 is 2.87 bits per heavy atom. The highest BCUT2D eigenvalue weighted by molar-refractivity contribution is 5.98. The summed E-state index contributed by atoms with van der Waals surface area (Å²) in [6.45, 7) is 3.74. The lowest BCUT2D eigenvalue weighted by Crippen LogP contribution is -2.37. The van der Waals surface area contributed by atoms with Crippen LogP contribution in [0, 0.1) is 6.92 Å². The molecule has 152 valence electrons. The molecule has 1 saturated carbocycles. The molecule has 0 spiro atoms. The van der Waals surface area contributed by atoms with Gasteiger partial charge in [0, 0.05) is 28.9 Å². The first-order valence-electron chi connectivity index (χ1n) is 10.7. The predicted molar refractivity (Wildman–Crippen MR) is 116 cm³/mol. The molecule has 0 radical (unpaired) electrons. The number of aromatic nitrogens is 2. The zero-order valence-electron chi connectivity index (χ0n) is 17.0. The zero-order valence-corrected chi connectivity index (χ0v) is 17.0. The molecule has 2 bridgehead atoms. The van der Waals surface area contributed by atoms with Gasteiger partial charge in [0.05, 0.1) is 24.9 Å². The molecule has 2 saturated heterocycles. The summed E-state index contributed by atoms with van der Waals surface area (Å²) in [6, 6.07) is 13.1. The molecule has 3 aromatic rings. The maximum atomic E-state index is 12.5. The standard InChI is InChI=1S/C24H24N4O2/c1-14-2-3-16(24(29)26-18-5-6-18)9-22(14)15-4-7-21-17(8-15)11-25-27-23(21)28-12-20-10-19(28)13-30-20/h2-4,7-9,11,18-20H,5-6,10,12-13H2,1H3,(H,26,29)/t19-,20-/m0/s1. The first-order chi connectivity index (χ1) is 14.7. The minimum Gasteiger partial charge on any atom is -0.374 e. The Balaban J connectivity index is 1.37. The first-order valence-corrected chi connectivity index (χ1v) is 10.7. The molecule has 3 heterocycles. The van der Waals surface area contributed by atoms with E-state index in [9.17, 15) is 4.79 Å². The molecule has 6 heteroatoms. The van der Waals surface area contributed by atoms with Gasteiger partial charge in [-0.3, -0.25) is 4.79 Å². The Kier molecular flexibility index (Phi) is 4.03. The van der Waals surface area contributed by atoms with E-state index >= 15 is 0 Å². The Labute approximate surface area is 175 Å². The summed E-state index contributed by atoms with van der Waals surface area (Å²) in [4.78, 5) is 14.9. The van der Waals surface area contributed by atoms with Gasteiger partial charge in [-0.1, -0.05) is 12.1 Å². The highest BCUT2D eigenvalue weighted by atomic mass is 16.5. The largest absolute Gasteiger partial charge is 0.374 e. The van der Waals surface area contributed by atoms with E-state index in [1.165, 1.54) is 0 Å². The number of nitrogens with one attached hydrogen (secondary N) is 1.